The molecule has 158 valence electrons. The first-order chi connectivity index (χ1) is 13.4. The van der Waals surface area contributed by atoms with Gasteiger partial charge < -0.3 is 9.47 Å². The number of rotatable bonds is 13. The van der Waals surface area contributed by atoms with Gasteiger partial charge in [-0.3, -0.25) is 10.3 Å². The van der Waals surface area contributed by atoms with Crippen LogP contribution in [0.2, 0.25) is 0 Å². The minimum absolute atomic E-state index is 0.210. The van der Waals surface area contributed by atoms with E-state index >= 15 is 0 Å². The van der Waals surface area contributed by atoms with E-state index in [1.165, 1.54) is 5.57 Å². The zero-order valence-electron chi connectivity index (χ0n) is 17.7. The summed E-state index contributed by atoms with van der Waals surface area (Å²) in [6, 6.07) is 4.05. The number of hydrogen-bond acceptors (Lipinski definition) is 4. The fourth-order valence-electron chi connectivity index (χ4n) is 2.43. The van der Waals surface area contributed by atoms with Crippen molar-refractivity contribution >= 4 is 23.2 Å². The van der Waals surface area contributed by atoms with Gasteiger partial charge in [-0.25, -0.2) is 0 Å². The average Bonchev–Trinajstić information content (AvgIpc) is 2.66. The molecule has 0 saturated heterocycles. The number of benzene rings is 1. The van der Waals surface area contributed by atoms with E-state index in [-0.39, 0.29) is 4.49 Å². The summed E-state index contributed by atoms with van der Waals surface area (Å²) in [4.78, 5) is 5.47. The largest absolute Gasteiger partial charge is 0.493 e. The predicted octanol–water partition coefficient (Wildman–Crippen LogP) is 6.50. The highest BCUT2D eigenvalue weighted by Crippen LogP contribution is 2.31. The standard InChI is InChI=1S/C22H33Cl2NO3/c1-6-18-14-20(26-13-10-21(23)24)15-19(7-2)22(18)27-11-8-9-12-28-25-17(5)16(3)4/h10,14-15,25H,6-9,11-13H2,1-5H3. The Labute approximate surface area is 179 Å². The van der Waals surface area contributed by atoms with Gasteiger partial charge in [0.1, 0.15) is 22.6 Å². The maximum absolute atomic E-state index is 6.12. The summed E-state index contributed by atoms with van der Waals surface area (Å²) in [6.45, 7) is 12.0. The maximum atomic E-state index is 6.12. The number of nitrogens with one attached hydrogen (secondary N) is 1. The van der Waals surface area contributed by atoms with Gasteiger partial charge in [0.2, 0.25) is 0 Å². The van der Waals surface area contributed by atoms with Crippen LogP contribution in [-0.2, 0) is 17.7 Å². The molecule has 0 aliphatic rings. The van der Waals surface area contributed by atoms with Crippen LogP contribution in [0.1, 0.15) is 58.6 Å². The summed E-state index contributed by atoms with van der Waals surface area (Å²) in [5.41, 5.74) is 7.53. The van der Waals surface area contributed by atoms with Crippen LogP contribution in [0.25, 0.3) is 0 Å². The second kappa shape index (κ2) is 13.8. The van der Waals surface area contributed by atoms with E-state index in [0.717, 1.165) is 54.0 Å². The number of ether oxygens (including phenoxy) is 2. The molecule has 0 bridgehead atoms. The van der Waals surface area contributed by atoms with E-state index in [1.54, 1.807) is 6.08 Å². The Morgan fingerprint density at radius 1 is 0.964 bits per heavy atom. The SMILES string of the molecule is CCc1cc(OCC=C(Cl)Cl)cc(CC)c1OCCCCONC(C)=C(C)C. The summed E-state index contributed by atoms with van der Waals surface area (Å²) in [7, 11) is 0. The molecule has 0 heterocycles. The molecule has 0 atom stereocenters. The Hall–Kier alpha value is -1.36. The molecule has 0 saturated carbocycles. The minimum Gasteiger partial charge on any atom is -0.493 e. The lowest BCUT2D eigenvalue weighted by molar-refractivity contribution is 0.0575. The normalized spacial score (nSPS) is 10.4. The summed E-state index contributed by atoms with van der Waals surface area (Å²) in [5, 5.41) is 0. The third-order valence-electron chi connectivity index (χ3n) is 4.33. The molecule has 1 rings (SSSR count). The first-order valence-electron chi connectivity index (χ1n) is 9.83. The smallest absolute Gasteiger partial charge is 0.125 e. The quantitative estimate of drug-likeness (QED) is 0.286. The van der Waals surface area contributed by atoms with Crippen molar-refractivity contribution in [2.75, 3.05) is 19.8 Å². The highest BCUT2D eigenvalue weighted by atomic mass is 35.5. The van der Waals surface area contributed by atoms with Crippen LogP contribution in [-0.4, -0.2) is 19.8 Å². The van der Waals surface area contributed by atoms with E-state index in [2.05, 4.69) is 33.2 Å². The van der Waals surface area contributed by atoms with Crippen molar-refractivity contribution in [1.82, 2.24) is 5.48 Å². The van der Waals surface area contributed by atoms with Gasteiger partial charge in [-0.05, 0) is 75.8 Å². The Bertz CT molecular complexity index is 639. The summed E-state index contributed by atoms with van der Waals surface area (Å²) in [5.74, 6) is 1.78. The van der Waals surface area contributed by atoms with Gasteiger partial charge in [-0.2, -0.15) is 0 Å². The van der Waals surface area contributed by atoms with Gasteiger partial charge in [-0.15, -0.1) is 0 Å². The molecule has 0 spiro atoms. The Morgan fingerprint density at radius 3 is 2.11 bits per heavy atom. The molecule has 6 heteroatoms. The summed E-state index contributed by atoms with van der Waals surface area (Å²) >= 11 is 11.3. The number of halogens is 2. The molecular formula is C22H33Cl2NO3. The molecule has 0 unspecified atom stereocenters. The summed E-state index contributed by atoms with van der Waals surface area (Å²) < 4.78 is 12.1. The second-order valence-corrected chi connectivity index (χ2v) is 7.72. The zero-order valence-corrected chi connectivity index (χ0v) is 19.2. The van der Waals surface area contributed by atoms with Crippen LogP contribution >= 0.6 is 23.2 Å². The van der Waals surface area contributed by atoms with E-state index in [9.17, 15) is 0 Å². The molecule has 0 aliphatic heterocycles. The van der Waals surface area contributed by atoms with Crippen molar-refractivity contribution < 1.29 is 14.3 Å². The first kappa shape index (κ1) is 24.7. The third kappa shape index (κ3) is 9.22. The van der Waals surface area contributed by atoms with Gasteiger partial charge in [0.25, 0.3) is 0 Å². The maximum Gasteiger partial charge on any atom is 0.125 e. The molecule has 4 nitrogen and oxygen atoms in total. The van der Waals surface area contributed by atoms with Crippen molar-refractivity contribution in [3.8, 4) is 11.5 Å². The number of aryl methyl sites for hydroxylation is 2. The molecule has 0 radical (unpaired) electrons. The van der Waals surface area contributed by atoms with Gasteiger partial charge >= 0.3 is 0 Å². The van der Waals surface area contributed by atoms with Crippen LogP contribution in [0.15, 0.2) is 34.0 Å². The van der Waals surface area contributed by atoms with E-state index in [4.69, 9.17) is 37.5 Å². The highest BCUT2D eigenvalue weighted by molar-refractivity contribution is 6.55. The predicted molar refractivity (Wildman–Crippen MR) is 118 cm³/mol. The molecular weight excluding hydrogens is 397 g/mol. The zero-order chi connectivity index (χ0) is 20.9. The van der Waals surface area contributed by atoms with Gasteiger partial charge in [0.15, 0.2) is 0 Å². The van der Waals surface area contributed by atoms with Crippen molar-refractivity contribution in [2.24, 2.45) is 0 Å². The lowest BCUT2D eigenvalue weighted by Crippen LogP contribution is -2.14. The van der Waals surface area contributed by atoms with Crippen molar-refractivity contribution in [2.45, 2.75) is 60.3 Å². The fraction of sp³-hybridized carbons (Fsp3) is 0.545. The van der Waals surface area contributed by atoms with Crippen LogP contribution in [0.5, 0.6) is 11.5 Å². The Morgan fingerprint density at radius 2 is 1.57 bits per heavy atom. The molecule has 1 aromatic rings. The van der Waals surface area contributed by atoms with Crippen LogP contribution in [0.3, 0.4) is 0 Å². The van der Waals surface area contributed by atoms with Gasteiger partial charge in [0.05, 0.1) is 13.2 Å². The average molecular weight is 430 g/mol. The fourth-order valence-corrected chi connectivity index (χ4v) is 2.56. The number of hydroxylamine groups is 1. The van der Waals surface area contributed by atoms with Gasteiger partial charge in [-0.1, -0.05) is 42.6 Å². The third-order valence-corrected chi connectivity index (χ3v) is 4.64. The number of unbranched alkanes of at least 4 members (excludes halogenated alkanes) is 1. The molecule has 0 amide bonds. The Kier molecular flexibility index (Phi) is 12.1. The number of hydrogen-bond donors (Lipinski definition) is 1. The van der Waals surface area contributed by atoms with E-state index < -0.39 is 0 Å². The molecule has 0 aliphatic carbocycles. The van der Waals surface area contributed by atoms with Crippen LogP contribution in [0, 0.1) is 0 Å². The van der Waals surface area contributed by atoms with E-state index in [1.807, 2.05) is 19.1 Å². The van der Waals surface area contributed by atoms with Crippen molar-refractivity contribution in [1.29, 1.82) is 0 Å². The topological polar surface area (TPSA) is 39.7 Å². The van der Waals surface area contributed by atoms with Gasteiger partial charge in [0, 0.05) is 5.70 Å². The monoisotopic (exact) mass is 429 g/mol. The Balaban J connectivity index is 2.55. The van der Waals surface area contributed by atoms with E-state index in [0.29, 0.717) is 19.8 Å². The molecule has 0 fully saturated rings. The lowest BCUT2D eigenvalue weighted by Gasteiger charge is -2.17. The van der Waals surface area contributed by atoms with Crippen molar-refractivity contribution in [3.63, 3.8) is 0 Å². The lowest BCUT2D eigenvalue weighted by atomic mass is 10.0. The van der Waals surface area contributed by atoms with Crippen LogP contribution in [0.4, 0.5) is 0 Å². The van der Waals surface area contributed by atoms with Crippen molar-refractivity contribution in [3.05, 3.63) is 45.1 Å². The van der Waals surface area contributed by atoms with Crippen LogP contribution < -0.4 is 15.0 Å². The molecule has 28 heavy (non-hydrogen) atoms. The first-order valence-corrected chi connectivity index (χ1v) is 10.6. The molecule has 1 aromatic carbocycles. The second-order valence-electron chi connectivity index (χ2n) is 6.71. The molecule has 1 N–H and O–H groups in total. The number of allylic oxidation sites excluding steroid dienone is 2. The highest BCUT2D eigenvalue weighted by Gasteiger charge is 2.11. The molecule has 0 aromatic heterocycles. The summed E-state index contributed by atoms with van der Waals surface area (Å²) in [6.07, 6.45) is 5.24. The minimum atomic E-state index is 0.210.